The quantitative estimate of drug-likeness (QED) is 0.602. The van der Waals surface area contributed by atoms with E-state index in [1.807, 2.05) is 0 Å². The third kappa shape index (κ3) is 2.83. The molecular formula is C11H9ClN2O. The number of carbonyl (C=O) groups is 1. The Morgan fingerprint density at radius 1 is 1.60 bits per heavy atom. The summed E-state index contributed by atoms with van der Waals surface area (Å²) in [6, 6.07) is 4.72. The molecule has 0 saturated heterocycles. The molecule has 0 atom stereocenters. The lowest BCUT2D eigenvalue weighted by Crippen LogP contribution is -2.11. The smallest absolute Gasteiger partial charge is 0.250 e. The average Bonchev–Trinajstić information content (AvgIpc) is 2.18. The van der Waals surface area contributed by atoms with Crippen molar-refractivity contribution in [2.24, 2.45) is 0 Å². The molecule has 0 aliphatic heterocycles. The normalized spacial score (nSPS) is 9.13. The summed E-state index contributed by atoms with van der Waals surface area (Å²) in [5.41, 5.74) is 1.34. The van der Waals surface area contributed by atoms with Gasteiger partial charge in [-0.15, -0.1) is 0 Å². The lowest BCUT2D eigenvalue weighted by atomic mass is 10.2. The second kappa shape index (κ2) is 4.63. The maximum Gasteiger partial charge on any atom is 0.250 e. The largest absolute Gasteiger partial charge is 0.322 e. The third-order valence-electron chi connectivity index (χ3n) is 1.71. The molecule has 0 unspecified atom stereocenters. The van der Waals surface area contributed by atoms with Gasteiger partial charge in [0, 0.05) is 16.3 Å². The van der Waals surface area contributed by atoms with E-state index in [1.54, 1.807) is 19.1 Å². The predicted molar refractivity (Wildman–Crippen MR) is 61.2 cm³/mol. The number of halogens is 1. The molecule has 0 saturated carbocycles. The highest BCUT2D eigenvalue weighted by Gasteiger charge is 2.05. The fourth-order valence-electron chi connectivity index (χ4n) is 0.913. The molecule has 3 nitrogen and oxygen atoms in total. The monoisotopic (exact) mass is 220 g/mol. The van der Waals surface area contributed by atoms with Gasteiger partial charge in [-0.25, -0.2) is 4.85 Å². The van der Waals surface area contributed by atoms with Crippen LogP contribution in [0, 0.1) is 6.57 Å². The van der Waals surface area contributed by atoms with Crippen LogP contribution in [0.4, 0.5) is 11.4 Å². The van der Waals surface area contributed by atoms with Crippen molar-refractivity contribution in [1.29, 1.82) is 0 Å². The molecule has 0 radical (unpaired) electrons. The van der Waals surface area contributed by atoms with Crippen molar-refractivity contribution in [1.82, 2.24) is 0 Å². The first-order valence-corrected chi connectivity index (χ1v) is 4.56. The Bertz CT molecular complexity index is 460. The Morgan fingerprint density at radius 2 is 2.27 bits per heavy atom. The summed E-state index contributed by atoms with van der Waals surface area (Å²) in [5.74, 6) is -0.262. The number of amides is 1. The Labute approximate surface area is 93.2 Å². The van der Waals surface area contributed by atoms with Crippen LogP contribution in [0.5, 0.6) is 0 Å². The van der Waals surface area contributed by atoms with Crippen LogP contribution in [0.15, 0.2) is 30.4 Å². The SMILES string of the molecule is [C-]#[N+]c1ccc(NC(=O)C(=C)C)cc1Cl. The zero-order valence-corrected chi connectivity index (χ0v) is 8.93. The van der Waals surface area contributed by atoms with Crippen molar-refractivity contribution in [3.05, 3.63) is 46.8 Å². The van der Waals surface area contributed by atoms with Crippen LogP contribution in [0.25, 0.3) is 4.85 Å². The molecule has 0 bridgehead atoms. The number of hydrogen-bond donors (Lipinski definition) is 1. The van der Waals surface area contributed by atoms with Gasteiger partial charge in [0.25, 0.3) is 5.91 Å². The molecule has 1 aromatic carbocycles. The second-order valence-electron chi connectivity index (χ2n) is 3.01. The van der Waals surface area contributed by atoms with E-state index in [2.05, 4.69) is 16.7 Å². The van der Waals surface area contributed by atoms with Crippen molar-refractivity contribution >= 4 is 28.9 Å². The third-order valence-corrected chi connectivity index (χ3v) is 2.02. The summed E-state index contributed by atoms with van der Waals surface area (Å²) >= 11 is 5.81. The van der Waals surface area contributed by atoms with E-state index in [1.165, 1.54) is 6.07 Å². The van der Waals surface area contributed by atoms with Crippen LogP contribution in [0.3, 0.4) is 0 Å². The fourth-order valence-corrected chi connectivity index (χ4v) is 1.14. The van der Waals surface area contributed by atoms with Crippen LogP contribution in [-0.2, 0) is 4.79 Å². The molecule has 1 rings (SSSR count). The predicted octanol–water partition coefficient (Wildman–Crippen LogP) is 3.41. The van der Waals surface area contributed by atoms with Gasteiger partial charge >= 0.3 is 0 Å². The van der Waals surface area contributed by atoms with Crippen LogP contribution in [0.1, 0.15) is 6.92 Å². The minimum Gasteiger partial charge on any atom is -0.322 e. The van der Waals surface area contributed by atoms with Gasteiger partial charge in [-0.05, 0) is 19.1 Å². The first kappa shape index (κ1) is 11.3. The first-order valence-electron chi connectivity index (χ1n) is 4.18. The van der Waals surface area contributed by atoms with Crippen LogP contribution < -0.4 is 5.32 Å². The number of anilines is 1. The van der Waals surface area contributed by atoms with E-state index >= 15 is 0 Å². The average molecular weight is 221 g/mol. The molecule has 1 N–H and O–H groups in total. The molecule has 0 spiro atoms. The van der Waals surface area contributed by atoms with E-state index in [0.29, 0.717) is 22.0 Å². The summed E-state index contributed by atoms with van der Waals surface area (Å²) < 4.78 is 0. The number of rotatable bonds is 2. The molecule has 1 aromatic rings. The molecular weight excluding hydrogens is 212 g/mol. The van der Waals surface area contributed by atoms with Crippen LogP contribution in [-0.4, -0.2) is 5.91 Å². The zero-order chi connectivity index (χ0) is 11.4. The molecule has 4 heteroatoms. The summed E-state index contributed by atoms with van der Waals surface area (Å²) in [6.45, 7) is 11.9. The van der Waals surface area contributed by atoms with Gasteiger partial charge in [-0.1, -0.05) is 24.2 Å². The summed E-state index contributed by atoms with van der Waals surface area (Å²) in [7, 11) is 0. The number of hydrogen-bond acceptors (Lipinski definition) is 1. The second-order valence-corrected chi connectivity index (χ2v) is 3.42. The van der Waals surface area contributed by atoms with E-state index in [0.717, 1.165) is 0 Å². The molecule has 0 aromatic heterocycles. The molecule has 0 aliphatic rings. The van der Waals surface area contributed by atoms with Crippen molar-refractivity contribution in [3.63, 3.8) is 0 Å². The fraction of sp³-hybridized carbons (Fsp3) is 0.0909. The summed E-state index contributed by atoms with van der Waals surface area (Å²) in [5, 5.41) is 2.93. The summed E-state index contributed by atoms with van der Waals surface area (Å²) in [4.78, 5) is 14.5. The number of benzene rings is 1. The van der Waals surface area contributed by atoms with Gasteiger partial charge in [-0.2, -0.15) is 0 Å². The van der Waals surface area contributed by atoms with Gasteiger partial charge in [0.1, 0.15) is 0 Å². The van der Waals surface area contributed by atoms with E-state index < -0.39 is 0 Å². The van der Waals surface area contributed by atoms with Crippen molar-refractivity contribution in [2.75, 3.05) is 5.32 Å². The lowest BCUT2D eigenvalue weighted by Gasteiger charge is -2.05. The molecule has 0 fully saturated rings. The first-order chi connectivity index (χ1) is 7.04. The van der Waals surface area contributed by atoms with Gasteiger partial charge < -0.3 is 5.32 Å². The standard InChI is InChI=1S/C11H9ClN2O/c1-7(2)11(15)14-8-4-5-10(13-3)9(12)6-8/h4-6H,1H2,2H3,(H,14,15). The highest BCUT2D eigenvalue weighted by molar-refractivity contribution is 6.33. The molecule has 76 valence electrons. The van der Waals surface area contributed by atoms with Crippen LogP contribution in [0.2, 0.25) is 5.02 Å². The molecule has 0 aliphatic carbocycles. The van der Waals surface area contributed by atoms with Gasteiger partial charge in [0.2, 0.25) is 5.69 Å². The maximum absolute atomic E-state index is 11.3. The number of carbonyl (C=O) groups excluding carboxylic acids is 1. The zero-order valence-electron chi connectivity index (χ0n) is 8.17. The van der Waals surface area contributed by atoms with Crippen LogP contribution >= 0.6 is 11.6 Å². The van der Waals surface area contributed by atoms with Gasteiger partial charge in [-0.3, -0.25) is 4.79 Å². The lowest BCUT2D eigenvalue weighted by molar-refractivity contribution is -0.112. The van der Waals surface area contributed by atoms with Gasteiger partial charge in [0.15, 0.2) is 0 Å². The Morgan fingerprint density at radius 3 is 2.73 bits per heavy atom. The topological polar surface area (TPSA) is 33.5 Å². The minimum absolute atomic E-state index is 0.262. The Hall–Kier alpha value is -1.79. The Kier molecular flexibility index (Phi) is 3.48. The van der Waals surface area contributed by atoms with Crippen molar-refractivity contribution in [3.8, 4) is 0 Å². The van der Waals surface area contributed by atoms with E-state index in [-0.39, 0.29) is 5.91 Å². The number of nitrogens with one attached hydrogen (secondary N) is 1. The van der Waals surface area contributed by atoms with Gasteiger partial charge in [0.05, 0.1) is 6.57 Å². The highest BCUT2D eigenvalue weighted by Crippen LogP contribution is 2.27. The van der Waals surface area contributed by atoms with Crippen molar-refractivity contribution < 1.29 is 4.79 Å². The summed E-state index contributed by atoms with van der Waals surface area (Å²) in [6.07, 6.45) is 0. The maximum atomic E-state index is 11.3. The molecule has 0 heterocycles. The van der Waals surface area contributed by atoms with Crippen molar-refractivity contribution in [2.45, 2.75) is 6.92 Å². The Balaban J connectivity index is 2.90. The highest BCUT2D eigenvalue weighted by atomic mass is 35.5. The molecule has 1 amide bonds. The molecule has 15 heavy (non-hydrogen) atoms. The minimum atomic E-state index is -0.262. The van der Waals surface area contributed by atoms with E-state index in [4.69, 9.17) is 18.2 Å². The van der Waals surface area contributed by atoms with E-state index in [9.17, 15) is 4.79 Å². The number of nitrogens with zero attached hydrogens (tertiary/aromatic N) is 1.